The second-order valence-electron chi connectivity index (χ2n) is 3.01. The largest absolute Gasteiger partial charge is 0.299 e. The summed E-state index contributed by atoms with van der Waals surface area (Å²) in [6.45, 7) is 3.27. The lowest BCUT2D eigenvalue weighted by molar-refractivity contribution is -0.118. The average molecular weight is 245 g/mol. The molecule has 0 aromatic heterocycles. The first-order valence-corrected chi connectivity index (χ1v) is 4.77. The molecule has 0 saturated heterocycles. The van der Waals surface area contributed by atoms with Gasteiger partial charge in [-0.25, -0.2) is 4.39 Å². The van der Waals surface area contributed by atoms with E-state index in [1.165, 1.54) is 13.0 Å². The Kier molecular flexibility index (Phi) is 3.20. The van der Waals surface area contributed by atoms with Gasteiger partial charge in [0.1, 0.15) is 11.6 Å². The third-order valence-electron chi connectivity index (χ3n) is 2.05. The molecule has 1 atom stereocenters. The molecular formula is C10H10BrFO. The molecule has 0 aliphatic rings. The molecule has 1 unspecified atom stereocenters. The zero-order valence-corrected chi connectivity index (χ0v) is 9.06. The smallest absolute Gasteiger partial charge is 0.137 e. The molecule has 1 nitrogen and oxygen atoms in total. The van der Waals surface area contributed by atoms with Gasteiger partial charge >= 0.3 is 0 Å². The first-order valence-electron chi connectivity index (χ1n) is 3.97. The van der Waals surface area contributed by atoms with Crippen molar-refractivity contribution in [1.82, 2.24) is 0 Å². The minimum atomic E-state index is -0.328. The molecule has 0 N–H and O–H groups in total. The lowest BCUT2D eigenvalue weighted by atomic mass is 9.98. The second kappa shape index (κ2) is 4.01. The maximum atomic E-state index is 13.0. The van der Waals surface area contributed by atoms with Crippen molar-refractivity contribution in [3.05, 3.63) is 34.1 Å². The molecule has 0 spiro atoms. The molecule has 1 rings (SSSR count). The molecule has 0 heterocycles. The van der Waals surface area contributed by atoms with Crippen molar-refractivity contribution < 1.29 is 9.18 Å². The maximum Gasteiger partial charge on any atom is 0.137 e. The first kappa shape index (κ1) is 10.4. The van der Waals surface area contributed by atoms with Gasteiger partial charge in [-0.2, -0.15) is 0 Å². The van der Waals surface area contributed by atoms with Crippen LogP contribution >= 0.6 is 15.9 Å². The number of carbonyl (C=O) groups excluding carboxylic acids is 1. The molecular weight excluding hydrogens is 235 g/mol. The highest BCUT2D eigenvalue weighted by Crippen LogP contribution is 2.22. The Morgan fingerprint density at radius 3 is 2.62 bits per heavy atom. The van der Waals surface area contributed by atoms with Crippen molar-refractivity contribution in [1.29, 1.82) is 0 Å². The number of Topliss-reactive ketones (excluding diaryl/α,β-unsaturated/α-hetero) is 1. The molecule has 0 aliphatic heterocycles. The summed E-state index contributed by atoms with van der Waals surface area (Å²) in [4.78, 5) is 11.0. The Hall–Kier alpha value is -0.700. The van der Waals surface area contributed by atoms with Crippen molar-refractivity contribution in [3.63, 3.8) is 0 Å². The van der Waals surface area contributed by atoms with E-state index < -0.39 is 0 Å². The number of hydrogen-bond donors (Lipinski definition) is 0. The predicted molar refractivity (Wildman–Crippen MR) is 53.2 cm³/mol. The summed E-state index contributed by atoms with van der Waals surface area (Å²) in [5.41, 5.74) is 0.716. The topological polar surface area (TPSA) is 17.1 Å². The van der Waals surface area contributed by atoms with Crippen LogP contribution in [0.2, 0.25) is 0 Å². The standard InChI is InChI=1S/C10H10BrFO/c1-6(7(2)13)8-3-4-9(11)10(12)5-8/h3-6H,1-2H3. The van der Waals surface area contributed by atoms with Gasteiger partial charge in [-0.05, 0) is 40.5 Å². The van der Waals surface area contributed by atoms with E-state index in [1.807, 2.05) is 0 Å². The van der Waals surface area contributed by atoms with Crippen LogP contribution in [0, 0.1) is 5.82 Å². The molecule has 3 heteroatoms. The zero-order valence-electron chi connectivity index (χ0n) is 7.47. The number of halogens is 2. The highest BCUT2D eigenvalue weighted by molar-refractivity contribution is 9.10. The third-order valence-corrected chi connectivity index (χ3v) is 2.70. The first-order chi connectivity index (χ1) is 6.02. The SMILES string of the molecule is CC(=O)C(C)c1ccc(Br)c(F)c1. The second-order valence-corrected chi connectivity index (χ2v) is 3.86. The van der Waals surface area contributed by atoms with Crippen LogP contribution in [0.25, 0.3) is 0 Å². The van der Waals surface area contributed by atoms with Crippen LogP contribution in [0.15, 0.2) is 22.7 Å². The molecule has 70 valence electrons. The molecule has 1 aromatic carbocycles. The summed E-state index contributed by atoms with van der Waals surface area (Å²) >= 11 is 3.06. The minimum Gasteiger partial charge on any atom is -0.299 e. The Bertz CT molecular complexity index is 336. The number of hydrogen-bond acceptors (Lipinski definition) is 1. The van der Waals surface area contributed by atoms with Crippen molar-refractivity contribution >= 4 is 21.7 Å². The van der Waals surface area contributed by atoms with Crippen LogP contribution in [0.1, 0.15) is 25.3 Å². The van der Waals surface area contributed by atoms with Gasteiger partial charge in [-0.3, -0.25) is 4.79 Å². The fourth-order valence-corrected chi connectivity index (χ4v) is 1.26. The van der Waals surface area contributed by atoms with Crippen molar-refractivity contribution in [3.8, 4) is 0 Å². The van der Waals surface area contributed by atoms with Crippen molar-refractivity contribution in [2.45, 2.75) is 19.8 Å². The molecule has 0 saturated carbocycles. The quantitative estimate of drug-likeness (QED) is 0.781. The van der Waals surface area contributed by atoms with E-state index >= 15 is 0 Å². The average Bonchev–Trinajstić information content (AvgIpc) is 2.08. The highest BCUT2D eigenvalue weighted by atomic mass is 79.9. The lowest BCUT2D eigenvalue weighted by Gasteiger charge is -2.07. The molecule has 0 amide bonds. The monoisotopic (exact) mass is 244 g/mol. The normalized spacial score (nSPS) is 12.6. The van der Waals surface area contributed by atoms with E-state index in [4.69, 9.17) is 0 Å². The van der Waals surface area contributed by atoms with E-state index in [-0.39, 0.29) is 17.5 Å². The summed E-state index contributed by atoms with van der Waals surface area (Å²) in [5.74, 6) is -0.519. The molecule has 0 radical (unpaired) electrons. The highest BCUT2D eigenvalue weighted by Gasteiger charge is 2.11. The van der Waals surface area contributed by atoms with Gasteiger partial charge in [0.05, 0.1) is 4.47 Å². The summed E-state index contributed by atoms with van der Waals surface area (Å²) in [6.07, 6.45) is 0. The summed E-state index contributed by atoms with van der Waals surface area (Å²) in [6, 6.07) is 4.75. The third kappa shape index (κ3) is 2.37. The van der Waals surface area contributed by atoms with Gasteiger partial charge in [-0.1, -0.05) is 13.0 Å². The van der Waals surface area contributed by atoms with Gasteiger partial charge in [0.15, 0.2) is 0 Å². The van der Waals surface area contributed by atoms with Gasteiger partial charge in [0, 0.05) is 5.92 Å². The van der Waals surface area contributed by atoms with Crippen LogP contribution in [0.3, 0.4) is 0 Å². The maximum absolute atomic E-state index is 13.0. The summed E-state index contributed by atoms with van der Waals surface area (Å²) in [7, 11) is 0. The fraction of sp³-hybridized carbons (Fsp3) is 0.300. The van der Waals surface area contributed by atoms with Gasteiger partial charge < -0.3 is 0 Å². The Morgan fingerprint density at radius 2 is 2.15 bits per heavy atom. The van der Waals surface area contributed by atoms with Crippen LogP contribution in [0.5, 0.6) is 0 Å². The molecule has 0 aliphatic carbocycles. The minimum absolute atomic E-state index is 0.0433. The Balaban J connectivity index is 3.03. The van der Waals surface area contributed by atoms with Crippen LogP contribution in [-0.4, -0.2) is 5.78 Å². The number of benzene rings is 1. The summed E-state index contributed by atoms with van der Waals surface area (Å²) in [5, 5.41) is 0. The van der Waals surface area contributed by atoms with E-state index in [0.29, 0.717) is 10.0 Å². The van der Waals surface area contributed by atoms with Crippen molar-refractivity contribution in [2.75, 3.05) is 0 Å². The number of rotatable bonds is 2. The Labute approximate surface area is 85.1 Å². The molecule has 13 heavy (non-hydrogen) atoms. The summed E-state index contributed by atoms with van der Waals surface area (Å²) < 4.78 is 13.5. The van der Waals surface area contributed by atoms with Crippen molar-refractivity contribution in [2.24, 2.45) is 0 Å². The van der Waals surface area contributed by atoms with Gasteiger partial charge in [-0.15, -0.1) is 0 Å². The predicted octanol–water partition coefficient (Wildman–Crippen LogP) is 3.28. The fourth-order valence-electron chi connectivity index (χ4n) is 1.02. The molecule has 0 bridgehead atoms. The van der Waals surface area contributed by atoms with E-state index in [2.05, 4.69) is 15.9 Å². The number of ketones is 1. The van der Waals surface area contributed by atoms with Gasteiger partial charge in [0.2, 0.25) is 0 Å². The number of carbonyl (C=O) groups is 1. The Morgan fingerprint density at radius 1 is 1.54 bits per heavy atom. The van der Waals surface area contributed by atoms with Gasteiger partial charge in [0.25, 0.3) is 0 Å². The molecule has 0 fully saturated rings. The van der Waals surface area contributed by atoms with E-state index in [0.717, 1.165) is 0 Å². The zero-order chi connectivity index (χ0) is 10.0. The van der Waals surface area contributed by atoms with Crippen LogP contribution in [-0.2, 0) is 4.79 Å². The molecule has 1 aromatic rings. The van der Waals surface area contributed by atoms with Crippen LogP contribution in [0.4, 0.5) is 4.39 Å². The van der Waals surface area contributed by atoms with Crippen LogP contribution < -0.4 is 0 Å². The van der Waals surface area contributed by atoms with E-state index in [9.17, 15) is 9.18 Å². The van der Waals surface area contributed by atoms with E-state index in [1.54, 1.807) is 19.1 Å². The lowest BCUT2D eigenvalue weighted by Crippen LogP contribution is -2.04.